The molecule has 1 aromatic carbocycles. The number of methoxy groups -OCH3 is 1. The SMILES string of the molecule is COc1cc(C(C)O)ccc1OC1CCCCC1O. The number of benzene rings is 1. The van der Waals surface area contributed by atoms with Gasteiger partial charge in [0.1, 0.15) is 6.10 Å². The summed E-state index contributed by atoms with van der Waals surface area (Å²) in [5, 5.41) is 19.5. The maximum atomic E-state index is 9.93. The Balaban J connectivity index is 2.15. The summed E-state index contributed by atoms with van der Waals surface area (Å²) in [6.07, 6.45) is 2.68. The van der Waals surface area contributed by atoms with E-state index in [9.17, 15) is 10.2 Å². The van der Waals surface area contributed by atoms with Gasteiger partial charge < -0.3 is 19.7 Å². The third-order valence-electron chi connectivity index (χ3n) is 3.62. The predicted molar refractivity (Wildman–Crippen MR) is 72.5 cm³/mol. The first kappa shape index (κ1) is 14.2. The number of rotatable bonds is 4. The van der Waals surface area contributed by atoms with Gasteiger partial charge >= 0.3 is 0 Å². The fraction of sp³-hybridized carbons (Fsp3) is 0.600. The molecule has 106 valence electrons. The van der Waals surface area contributed by atoms with Gasteiger partial charge in [-0.05, 0) is 43.9 Å². The minimum absolute atomic E-state index is 0.167. The Bertz CT molecular complexity index is 417. The Morgan fingerprint density at radius 2 is 1.95 bits per heavy atom. The van der Waals surface area contributed by atoms with Crippen molar-refractivity contribution in [1.29, 1.82) is 0 Å². The van der Waals surface area contributed by atoms with Gasteiger partial charge in [0, 0.05) is 0 Å². The minimum atomic E-state index is -0.539. The van der Waals surface area contributed by atoms with E-state index in [1.54, 1.807) is 26.2 Å². The van der Waals surface area contributed by atoms with Crippen LogP contribution in [0.3, 0.4) is 0 Å². The average molecular weight is 266 g/mol. The quantitative estimate of drug-likeness (QED) is 0.878. The topological polar surface area (TPSA) is 58.9 Å². The summed E-state index contributed by atoms with van der Waals surface area (Å²) in [5.74, 6) is 1.22. The molecule has 1 fully saturated rings. The highest BCUT2D eigenvalue weighted by Gasteiger charge is 2.25. The second-order valence-corrected chi connectivity index (χ2v) is 5.09. The molecule has 1 saturated carbocycles. The van der Waals surface area contributed by atoms with Crippen LogP contribution in [0.15, 0.2) is 18.2 Å². The Kier molecular flexibility index (Phi) is 4.66. The molecule has 19 heavy (non-hydrogen) atoms. The van der Waals surface area contributed by atoms with E-state index >= 15 is 0 Å². The molecule has 0 aliphatic heterocycles. The molecular formula is C15H22O4. The summed E-state index contributed by atoms with van der Waals surface area (Å²) in [6.45, 7) is 1.71. The van der Waals surface area contributed by atoms with Crippen LogP contribution < -0.4 is 9.47 Å². The van der Waals surface area contributed by atoms with Crippen LogP contribution in [0, 0.1) is 0 Å². The molecule has 2 rings (SSSR count). The van der Waals surface area contributed by atoms with Gasteiger partial charge in [0.05, 0.1) is 19.3 Å². The lowest BCUT2D eigenvalue weighted by molar-refractivity contribution is 0.00564. The van der Waals surface area contributed by atoms with Crippen molar-refractivity contribution in [3.8, 4) is 11.5 Å². The molecule has 1 aliphatic rings. The minimum Gasteiger partial charge on any atom is -0.493 e. The molecule has 0 amide bonds. The summed E-state index contributed by atoms with van der Waals surface area (Å²) in [6, 6.07) is 5.38. The van der Waals surface area contributed by atoms with Crippen LogP contribution in [-0.2, 0) is 0 Å². The smallest absolute Gasteiger partial charge is 0.161 e. The van der Waals surface area contributed by atoms with Gasteiger partial charge in [0.25, 0.3) is 0 Å². The van der Waals surface area contributed by atoms with Crippen LogP contribution in [0.4, 0.5) is 0 Å². The molecule has 1 aliphatic carbocycles. The van der Waals surface area contributed by atoms with Gasteiger partial charge in [-0.1, -0.05) is 12.5 Å². The van der Waals surface area contributed by atoms with Crippen LogP contribution in [0.5, 0.6) is 11.5 Å². The van der Waals surface area contributed by atoms with E-state index in [-0.39, 0.29) is 6.10 Å². The van der Waals surface area contributed by atoms with E-state index in [4.69, 9.17) is 9.47 Å². The summed E-state index contributed by atoms with van der Waals surface area (Å²) in [5.41, 5.74) is 0.786. The van der Waals surface area contributed by atoms with Crippen molar-refractivity contribution in [3.05, 3.63) is 23.8 Å². The van der Waals surface area contributed by atoms with Crippen molar-refractivity contribution in [3.63, 3.8) is 0 Å². The third-order valence-corrected chi connectivity index (χ3v) is 3.62. The lowest BCUT2D eigenvalue weighted by atomic mass is 9.95. The number of hydrogen-bond acceptors (Lipinski definition) is 4. The summed E-state index contributed by atoms with van der Waals surface area (Å²) in [7, 11) is 1.57. The highest BCUT2D eigenvalue weighted by atomic mass is 16.5. The lowest BCUT2D eigenvalue weighted by Crippen LogP contribution is -2.34. The van der Waals surface area contributed by atoms with Gasteiger partial charge in [-0.25, -0.2) is 0 Å². The van der Waals surface area contributed by atoms with E-state index in [1.165, 1.54) is 0 Å². The van der Waals surface area contributed by atoms with E-state index in [2.05, 4.69) is 0 Å². The second-order valence-electron chi connectivity index (χ2n) is 5.09. The molecule has 3 atom stereocenters. The van der Waals surface area contributed by atoms with E-state index in [0.717, 1.165) is 31.2 Å². The Morgan fingerprint density at radius 1 is 1.21 bits per heavy atom. The molecule has 0 bridgehead atoms. The number of aliphatic hydroxyl groups is 2. The molecule has 2 N–H and O–H groups in total. The number of ether oxygens (including phenoxy) is 2. The normalized spacial score (nSPS) is 24.8. The predicted octanol–water partition coefficient (Wildman–Crippen LogP) is 2.43. The Hall–Kier alpha value is -1.26. The Morgan fingerprint density at radius 3 is 2.58 bits per heavy atom. The van der Waals surface area contributed by atoms with E-state index in [0.29, 0.717) is 11.5 Å². The summed E-state index contributed by atoms with van der Waals surface area (Å²) >= 11 is 0. The maximum absolute atomic E-state index is 9.93. The first-order chi connectivity index (χ1) is 9.11. The molecule has 3 unspecified atom stereocenters. The lowest BCUT2D eigenvalue weighted by Gasteiger charge is -2.28. The molecule has 0 spiro atoms. The first-order valence-electron chi connectivity index (χ1n) is 6.82. The summed E-state index contributed by atoms with van der Waals surface area (Å²) in [4.78, 5) is 0. The molecule has 4 nitrogen and oxygen atoms in total. The number of hydrogen-bond donors (Lipinski definition) is 2. The number of aliphatic hydroxyl groups excluding tert-OH is 2. The molecule has 4 heteroatoms. The molecule has 0 heterocycles. The van der Waals surface area contributed by atoms with Crippen LogP contribution in [0.25, 0.3) is 0 Å². The zero-order chi connectivity index (χ0) is 13.8. The first-order valence-corrected chi connectivity index (χ1v) is 6.82. The monoisotopic (exact) mass is 266 g/mol. The fourth-order valence-corrected chi connectivity index (χ4v) is 2.42. The summed E-state index contributed by atoms with van der Waals surface area (Å²) < 4.78 is 11.2. The molecule has 0 saturated heterocycles. The van der Waals surface area contributed by atoms with E-state index < -0.39 is 12.2 Å². The van der Waals surface area contributed by atoms with Crippen molar-refractivity contribution in [2.24, 2.45) is 0 Å². The largest absolute Gasteiger partial charge is 0.493 e. The highest BCUT2D eigenvalue weighted by molar-refractivity contribution is 5.43. The van der Waals surface area contributed by atoms with Crippen molar-refractivity contribution < 1.29 is 19.7 Å². The van der Waals surface area contributed by atoms with E-state index in [1.807, 2.05) is 6.07 Å². The molecule has 0 aromatic heterocycles. The van der Waals surface area contributed by atoms with Gasteiger partial charge in [-0.3, -0.25) is 0 Å². The van der Waals surface area contributed by atoms with Crippen LogP contribution in [0.2, 0.25) is 0 Å². The molecule has 0 radical (unpaired) electrons. The standard InChI is InChI=1S/C15H22O4/c1-10(16)11-7-8-14(15(9-11)18-2)19-13-6-4-3-5-12(13)17/h7-10,12-13,16-17H,3-6H2,1-2H3. The third kappa shape index (κ3) is 3.39. The van der Waals surface area contributed by atoms with Crippen molar-refractivity contribution in [2.45, 2.75) is 50.9 Å². The van der Waals surface area contributed by atoms with Crippen LogP contribution in [-0.4, -0.2) is 29.5 Å². The van der Waals surface area contributed by atoms with Crippen molar-refractivity contribution >= 4 is 0 Å². The van der Waals surface area contributed by atoms with Gasteiger partial charge in [-0.2, -0.15) is 0 Å². The fourth-order valence-electron chi connectivity index (χ4n) is 2.42. The van der Waals surface area contributed by atoms with Crippen LogP contribution >= 0.6 is 0 Å². The van der Waals surface area contributed by atoms with Gasteiger partial charge in [-0.15, -0.1) is 0 Å². The molecular weight excluding hydrogens is 244 g/mol. The van der Waals surface area contributed by atoms with Crippen LogP contribution in [0.1, 0.15) is 44.3 Å². The van der Waals surface area contributed by atoms with Gasteiger partial charge in [0.15, 0.2) is 11.5 Å². The highest BCUT2D eigenvalue weighted by Crippen LogP contribution is 2.33. The zero-order valence-electron chi connectivity index (χ0n) is 11.5. The molecule has 1 aromatic rings. The van der Waals surface area contributed by atoms with Gasteiger partial charge in [0.2, 0.25) is 0 Å². The Labute approximate surface area is 114 Å². The maximum Gasteiger partial charge on any atom is 0.161 e. The van der Waals surface area contributed by atoms with Crippen molar-refractivity contribution in [1.82, 2.24) is 0 Å². The average Bonchev–Trinajstić information content (AvgIpc) is 2.41. The zero-order valence-corrected chi connectivity index (χ0v) is 11.5. The second kappa shape index (κ2) is 6.26. The van der Waals surface area contributed by atoms with Crippen molar-refractivity contribution in [2.75, 3.05) is 7.11 Å².